The Morgan fingerprint density at radius 2 is 2.07 bits per heavy atom. The van der Waals surface area contributed by atoms with E-state index in [4.69, 9.17) is 0 Å². The number of likely N-dealkylation sites (tertiary alicyclic amines) is 1. The molecule has 2 aliphatic rings. The number of nitrogens with zero attached hydrogens (tertiary/aromatic N) is 4. The lowest BCUT2D eigenvalue weighted by atomic mass is 9.94. The lowest BCUT2D eigenvalue weighted by molar-refractivity contribution is -0.174. The lowest BCUT2D eigenvalue weighted by Gasteiger charge is -2.35. The van der Waals surface area contributed by atoms with E-state index in [1.807, 2.05) is 39.1 Å². The van der Waals surface area contributed by atoms with E-state index in [0.29, 0.717) is 5.82 Å². The van der Waals surface area contributed by atoms with Crippen LogP contribution in [0.5, 0.6) is 0 Å². The van der Waals surface area contributed by atoms with Gasteiger partial charge in [-0.25, -0.2) is 4.68 Å². The zero-order valence-corrected chi connectivity index (χ0v) is 17.8. The molecule has 4 heterocycles. The van der Waals surface area contributed by atoms with Gasteiger partial charge in [-0.05, 0) is 55.8 Å². The van der Waals surface area contributed by atoms with E-state index < -0.39 is 12.2 Å². The number of pyridine rings is 1. The first-order valence-electron chi connectivity index (χ1n) is 10.8. The Bertz CT molecular complexity index is 876. The Morgan fingerprint density at radius 3 is 2.77 bits per heavy atom. The number of hydrogen-bond acceptors (Lipinski definition) is 4. The summed E-state index contributed by atoms with van der Waals surface area (Å²) in [6.07, 6.45) is 2.41. The standard InChI is InChI=1S/C22H30F3N5/c1-14(2)17-10-20(22(23,24)25)30-21(27-17)11-18(28-30)19-6-4-5-9-29(19)13-16-7-8-26-12-15(16)3/h7-8,11-12,14,17,19-20,27H,4-6,9-10,13H2,1-3H3/t17-,19+,20+/m0/s1. The fourth-order valence-electron chi connectivity index (χ4n) is 4.64. The summed E-state index contributed by atoms with van der Waals surface area (Å²) in [7, 11) is 0. The Hall–Kier alpha value is -2.09. The minimum Gasteiger partial charge on any atom is -0.367 e. The summed E-state index contributed by atoms with van der Waals surface area (Å²) >= 11 is 0. The zero-order chi connectivity index (χ0) is 21.5. The van der Waals surface area contributed by atoms with Crippen molar-refractivity contribution in [1.82, 2.24) is 19.7 Å². The molecule has 0 unspecified atom stereocenters. The summed E-state index contributed by atoms with van der Waals surface area (Å²) in [5.74, 6) is 0.602. The Kier molecular flexibility index (Phi) is 5.79. The van der Waals surface area contributed by atoms with Crippen molar-refractivity contribution in [3.05, 3.63) is 41.3 Å². The summed E-state index contributed by atoms with van der Waals surface area (Å²) in [6, 6.07) is 2.10. The molecule has 0 aliphatic carbocycles. The van der Waals surface area contributed by atoms with Gasteiger partial charge in [0.25, 0.3) is 0 Å². The van der Waals surface area contributed by atoms with Gasteiger partial charge in [-0.2, -0.15) is 18.3 Å². The maximum absolute atomic E-state index is 13.8. The number of aryl methyl sites for hydroxylation is 1. The van der Waals surface area contributed by atoms with Crippen LogP contribution < -0.4 is 5.32 Å². The number of halogens is 3. The molecule has 0 bridgehead atoms. The summed E-state index contributed by atoms with van der Waals surface area (Å²) in [4.78, 5) is 6.51. The van der Waals surface area contributed by atoms with Gasteiger partial charge in [0.2, 0.25) is 0 Å². The molecule has 2 aromatic heterocycles. The lowest BCUT2D eigenvalue weighted by Crippen LogP contribution is -2.41. The second kappa shape index (κ2) is 8.21. The number of piperidine rings is 1. The van der Waals surface area contributed by atoms with Crippen molar-refractivity contribution in [3.8, 4) is 0 Å². The van der Waals surface area contributed by atoms with Crippen molar-refractivity contribution in [2.75, 3.05) is 11.9 Å². The number of alkyl halides is 3. The second-order valence-corrected chi connectivity index (χ2v) is 8.97. The highest BCUT2D eigenvalue weighted by molar-refractivity contribution is 5.42. The van der Waals surface area contributed by atoms with Crippen LogP contribution in [0.3, 0.4) is 0 Å². The third kappa shape index (κ3) is 4.19. The maximum atomic E-state index is 13.8. The van der Waals surface area contributed by atoms with Crippen LogP contribution in [0.2, 0.25) is 0 Å². The molecule has 0 saturated carbocycles. The molecule has 164 valence electrons. The predicted molar refractivity (Wildman–Crippen MR) is 110 cm³/mol. The molecule has 2 aromatic rings. The van der Waals surface area contributed by atoms with Gasteiger partial charge >= 0.3 is 6.18 Å². The topological polar surface area (TPSA) is 46.0 Å². The molecular formula is C22H30F3N5. The van der Waals surface area contributed by atoms with E-state index in [1.165, 1.54) is 10.2 Å². The molecule has 0 amide bonds. The molecule has 5 nitrogen and oxygen atoms in total. The molecule has 0 spiro atoms. The van der Waals surface area contributed by atoms with Crippen LogP contribution in [0.1, 0.15) is 68.4 Å². The van der Waals surface area contributed by atoms with E-state index in [9.17, 15) is 13.2 Å². The highest BCUT2D eigenvalue weighted by Gasteiger charge is 2.47. The van der Waals surface area contributed by atoms with Crippen molar-refractivity contribution in [2.24, 2.45) is 5.92 Å². The Balaban J connectivity index is 1.64. The quantitative estimate of drug-likeness (QED) is 0.732. The summed E-state index contributed by atoms with van der Waals surface area (Å²) < 4.78 is 42.6. The van der Waals surface area contributed by atoms with Crippen molar-refractivity contribution >= 4 is 5.82 Å². The van der Waals surface area contributed by atoms with Gasteiger partial charge in [0.15, 0.2) is 6.04 Å². The first-order valence-corrected chi connectivity index (χ1v) is 10.8. The molecule has 4 rings (SSSR count). The van der Waals surface area contributed by atoms with Crippen LogP contribution in [0, 0.1) is 12.8 Å². The summed E-state index contributed by atoms with van der Waals surface area (Å²) in [5, 5.41) is 7.82. The van der Waals surface area contributed by atoms with Crippen molar-refractivity contribution < 1.29 is 13.2 Å². The van der Waals surface area contributed by atoms with Crippen LogP contribution in [-0.4, -0.2) is 38.4 Å². The zero-order valence-electron chi connectivity index (χ0n) is 17.8. The monoisotopic (exact) mass is 421 g/mol. The van der Waals surface area contributed by atoms with Crippen LogP contribution in [0.25, 0.3) is 0 Å². The minimum absolute atomic E-state index is 0.0138. The summed E-state index contributed by atoms with van der Waals surface area (Å²) in [5.41, 5.74) is 3.07. The van der Waals surface area contributed by atoms with Crippen LogP contribution in [-0.2, 0) is 6.54 Å². The average molecular weight is 422 g/mol. The van der Waals surface area contributed by atoms with Crippen LogP contribution in [0.15, 0.2) is 24.5 Å². The fraction of sp³-hybridized carbons (Fsp3) is 0.636. The largest absolute Gasteiger partial charge is 0.410 e. The number of nitrogens with one attached hydrogen (secondary N) is 1. The SMILES string of the molecule is Cc1cnccc1CN1CCCC[C@@H]1c1cc2n(n1)[C@@H](C(F)(F)F)C[C@@H](C(C)C)N2. The first-order chi connectivity index (χ1) is 14.2. The Morgan fingerprint density at radius 1 is 1.27 bits per heavy atom. The third-order valence-corrected chi connectivity index (χ3v) is 6.51. The number of hydrogen-bond donors (Lipinski definition) is 1. The highest BCUT2D eigenvalue weighted by atomic mass is 19.4. The number of fused-ring (bicyclic) bond motifs is 1. The van der Waals surface area contributed by atoms with Gasteiger partial charge in [0.05, 0.1) is 11.7 Å². The van der Waals surface area contributed by atoms with E-state index in [-0.39, 0.29) is 24.4 Å². The first kappa shape index (κ1) is 21.2. The average Bonchev–Trinajstić information content (AvgIpc) is 3.12. The molecule has 3 atom stereocenters. The molecule has 30 heavy (non-hydrogen) atoms. The number of anilines is 1. The van der Waals surface area contributed by atoms with Gasteiger partial charge in [-0.1, -0.05) is 20.3 Å². The minimum atomic E-state index is -4.31. The van der Waals surface area contributed by atoms with Crippen LogP contribution in [0.4, 0.5) is 19.0 Å². The third-order valence-electron chi connectivity index (χ3n) is 6.51. The van der Waals surface area contributed by atoms with Crippen molar-refractivity contribution in [2.45, 2.75) is 77.3 Å². The van der Waals surface area contributed by atoms with E-state index in [1.54, 1.807) is 6.20 Å². The van der Waals surface area contributed by atoms with Gasteiger partial charge < -0.3 is 5.32 Å². The van der Waals surface area contributed by atoms with E-state index in [2.05, 4.69) is 20.3 Å². The van der Waals surface area contributed by atoms with Crippen LogP contribution >= 0.6 is 0 Å². The van der Waals surface area contributed by atoms with Gasteiger partial charge in [-0.15, -0.1) is 0 Å². The maximum Gasteiger partial charge on any atom is 0.410 e. The molecule has 1 N–H and O–H groups in total. The Labute approximate surface area is 175 Å². The molecule has 8 heteroatoms. The van der Waals surface area contributed by atoms with Gasteiger partial charge in [0, 0.05) is 31.0 Å². The molecule has 1 saturated heterocycles. The van der Waals surface area contributed by atoms with E-state index in [0.717, 1.165) is 43.6 Å². The highest BCUT2D eigenvalue weighted by Crippen LogP contribution is 2.42. The number of aromatic nitrogens is 3. The normalized spacial score (nSPS) is 25.2. The second-order valence-electron chi connectivity index (χ2n) is 8.97. The molecule has 0 aromatic carbocycles. The van der Waals surface area contributed by atoms with Gasteiger partial charge in [-0.3, -0.25) is 9.88 Å². The van der Waals surface area contributed by atoms with Crippen molar-refractivity contribution in [3.63, 3.8) is 0 Å². The van der Waals surface area contributed by atoms with Gasteiger partial charge in [0.1, 0.15) is 5.82 Å². The molecular weight excluding hydrogens is 391 g/mol. The number of rotatable bonds is 4. The van der Waals surface area contributed by atoms with Crippen molar-refractivity contribution in [1.29, 1.82) is 0 Å². The fourth-order valence-corrected chi connectivity index (χ4v) is 4.64. The molecule has 2 aliphatic heterocycles. The molecule has 1 fully saturated rings. The summed E-state index contributed by atoms with van der Waals surface area (Å²) in [6.45, 7) is 7.63. The van der Waals surface area contributed by atoms with E-state index >= 15 is 0 Å². The predicted octanol–water partition coefficient (Wildman–Crippen LogP) is 5.26. The smallest absolute Gasteiger partial charge is 0.367 e. The molecule has 0 radical (unpaired) electrons.